The van der Waals surface area contributed by atoms with E-state index in [-0.39, 0.29) is 18.3 Å². The molecule has 7 nitrogen and oxygen atoms in total. The second kappa shape index (κ2) is 9.51. The maximum atomic E-state index is 13.3. The van der Waals surface area contributed by atoms with Crippen molar-refractivity contribution in [2.75, 3.05) is 12.4 Å². The Balaban J connectivity index is 1.33. The number of nitrogens with zero attached hydrogens (tertiary/aromatic N) is 3. The molecule has 0 unspecified atom stereocenters. The van der Waals surface area contributed by atoms with Gasteiger partial charge in [-0.1, -0.05) is 30.2 Å². The molecule has 32 heavy (non-hydrogen) atoms. The highest BCUT2D eigenvalue weighted by atomic mass is 35.5. The number of hydrogen-bond donors (Lipinski definition) is 2. The number of anilines is 1. The normalized spacial score (nSPS) is 14.5. The Labute approximate surface area is 197 Å². The highest BCUT2D eigenvalue weighted by molar-refractivity contribution is 7.16. The van der Waals surface area contributed by atoms with Gasteiger partial charge in [0.2, 0.25) is 11.0 Å². The average molecular weight is 494 g/mol. The first-order valence-electron chi connectivity index (χ1n) is 9.99. The van der Waals surface area contributed by atoms with E-state index in [4.69, 9.17) is 11.6 Å². The van der Waals surface area contributed by atoms with Crippen LogP contribution in [-0.2, 0) is 23.3 Å². The van der Waals surface area contributed by atoms with Crippen LogP contribution in [-0.4, -0.2) is 33.2 Å². The molecule has 1 aliphatic rings. The summed E-state index contributed by atoms with van der Waals surface area (Å²) in [7, 11) is 1.71. The van der Waals surface area contributed by atoms with Gasteiger partial charge in [0.25, 0.3) is 0 Å². The molecule has 1 saturated carbocycles. The van der Waals surface area contributed by atoms with Crippen molar-refractivity contribution in [3.63, 3.8) is 0 Å². The maximum absolute atomic E-state index is 13.3. The molecule has 0 radical (unpaired) electrons. The third-order valence-corrected chi connectivity index (χ3v) is 7.38. The Morgan fingerprint density at radius 1 is 1.22 bits per heavy atom. The number of rotatable bonds is 7. The van der Waals surface area contributed by atoms with Gasteiger partial charge in [-0.2, -0.15) is 4.37 Å². The van der Waals surface area contributed by atoms with E-state index in [1.54, 1.807) is 30.1 Å². The number of halogens is 2. The van der Waals surface area contributed by atoms with Gasteiger partial charge in [-0.25, -0.2) is 14.2 Å². The molecule has 3 amide bonds. The summed E-state index contributed by atoms with van der Waals surface area (Å²) in [6.45, 7) is 0.576. The van der Waals surface area contributed by atoms with Crippen LogP contribution in [0.5, 0.6) is 0 Å². The molecule has 168 valence electrons. The zero-order valence-corrected chi connectivity index (χ0v) is 19.6. The number of thiophene rings is 1. The number of amides is 3. The van der Waals surface area contributed by atoms with Crippen molar-refractivity contribution in [3.05, 3.63) is 62.8 Å². The van der Waals surface area contributed by atoms with E-state index < -0.39 is 11.4 Å². The summed E-state index contributed by atoms with van der Waals surface area (Å²) in [5, 5.41) is 5.74. The first kappa shape index (κ1) is 22.6. The van der Waals surface area contributed by atoms with Crippen LogP contribution < -0.4 is 10.6 Å². The maximum Gasteiger partial charge on any atom is 0.321 e. The minimum Gasteiger partial charge on any atom is -0.337 e. The molecule has 1 aromatic carbocycles. The highest BCUT2D eigenvalue weighted by Gasteiger charge is 2.47. The molecular formula is C21H21ClFN5O2S2. The molecular weight excluding hydrogens is 473 g/mol. The zero-order valence-electron chi connectivity index (χ0n) is 17.2. The van der Waals surface area contributed by atoms with Crippen molar-refractivity contribution < 1.29 is 14.0 Å². The summed E-state index contributed by atoms with van der Waals surface area (Å²) in [5.41, 5.74) is 0.212. The van der Waals surface area contributed by atoms with E-state index in [1.807, 2.05) is 6.07 Å². The Bertz CT molecular complexity index is 1110. The van der Waals surface area contributed by atoms with Crippen molar-refractivity contribution >= 4 is 51.5 Å². The lowest BCUT2D eigenvalue weighted by Gasteiger charge is -2.43. The SMILES string of the molecule is CN(Cc1nsc(NC(=O)NCc2ccc(Cl)s2)n1)C(=O)C1(c2ccc(F)cc2)CCC1. The van der Waals surface area contributed by atoms with Gasteiger partial charge < -0.3 is 10.2 Å². The fourth-order valence-corrected chi connectivity index (χ4v) is 5.30. The van der Waals surface area contributed by atoms with Gasteiger partial charge in [0.15, 0.2) is 5.82 Å². The minimum atomic E-state index is -0.621. The van der Waals surface area contributed by atoms with Crippen molar-refractivity contribution in [2.45, 2.75) is 37.8 Å². The van der Waals surface area contributed by atoms with E-state index in [1.165, 1.54) is 23.5 Å². The quantitative estimate of drug-likeness (QED) is 0.495. The average Bonchev–Trinajstić information content (AvgIpc) is 3.35. The molecule has 0 aliphatic heterocycles. The summed E-state index contributed by atoms with van der Waals surface area (Å²) in [5.74, 6) is 0.0886. The van der Waals surface area contributed by atoms with Crippen LogP contribution in [0.3, 0.4) is 0 Å². The largest absolute Gasteiger partial charge is 0.337 e. The Hall–Kier alpha value is -2.56. The number of urea groups is 1. The Kier molecular flexibility index (Phi) is 6.73. The number of carbonyl (C=O) groups excluding carboxylic acids is 2. The number of likely N-dealkylation sites (N-methyl/N-ethyl adjacent to an activating group) is 1. The second-order valence-corrected chi connectivity index (χ2v) is 10.2. The van der Waals surface area contributed by atoms with Crippen LogP contribution >= 0.6 is 34.5 Å². The van der Waals surface area contributed by atoms with E-state index in [9.17, 15) is 14.0 Å². The molecule has 0 bridgehead atoms. The smallest absolute Gasteiger partial charge is 0.321 e. The predicted octanol–water partition coefficient (Wildman–Crippen LogP) is 4.79. The van der Waals surface area contributed by atoms with Gasteiger partial charge >= 0.3 is 6.03 Å². The lowest BCUT2D eigenvalue weighted by atomic mass is 9.63. The standard InChI is InChI=1S/C21H21ClFN5O2S2/c1-28(18(29)21(9-2-10-21)13-3-5-14(23)6-4-13)12-17-25-20(32-27-17)26-19(30)24-11-15-7-8-16(22)31-15/h3-8H,2,9-12H2,1H3,(H2,24,25,26,27,30). The molecule has 0 spiro atoms. The molecule has 2 heterocycles. The molecule has 4 rings (SSSR count). The summed E-state index contributed by atoms with van der Waals surface area (Å²) < 4.78 is 18.2. The Morgan fingerprint density at radius 2 is 1.97 bits per heavy atom. The van der Waals surface area contributed by atoms with Gasteiger partial charge in [0.05, 0.1) is 22.8 Å². The van der Waals surface area contributed by atoms with Crippen LogP contribution in [0.25, 0.3) is 0 Å². The predicted molar refractivity (Wildman–Crippen MR) is 123 cm³/mol. The fraction of sp³-hybridized carbons (Fsp3) is 0.333. The molecule has 2 aromatic heterocycles. The van der Waals surface area contributed by atoms with Crippen LogP contribution in [0, 0.1) is 5.82 Å². The molecule has 1 fully saturated rings. The summed E-state index contributed by atoms with van der Waals surface area (Å²) >= 11 is 8.33. The topological polar surface area (TPSA) is 87.2 Å². The zero-order chi connectivity index (χ0) is 22.7. The number of benzene rings is 1. The highest BCUT2D eigenvalue weighted by Crippen LogP contribution is 2.45. The Morgan fingerprint density at radius 3 is 2.59 bits per heavy atom. The minimum absolute atomic E-state index is 0.0352. The first-order valence-corrected chi connectivity index (χ1v) is 12.0. The fourth-order valence-electron chi connectivity index (χ4n) is 3.70. The second-order valence-electron chi connectivity index (χ2n) is 7.63. The van der Waals surface area contributed by atoms with Gasteiger partial charge in [-0.05, 0) is 42.7 Å². The number of hydrogen-bond acceptors (Lipinski definition) is 6. The van der Waals surface area contributed by atoms with E-state index in [2.05, 4.69) is 20.0 Å². The number of nitrogens with one attached hydrogen (secondary N) is 2. The van der Waals surface area contributed by atoms with Crippen molar-refractivity contribution in [3.8, 4) is 0 Å². The van der Waals surface area contributed by atoms with Crippen LogP contribution in [0.2, 0.25) is 4.34 Å². The molecule has 1 aliphatic carbocycles. The summed E-state index contributed by atoms with van der Waals surface area (Å²) in [4.78, 5) is 32.2. The lowest BCUT2D eigenvalue weighted by molar-refractivity contribution is -0.140. The number of aromatic nitrogens is 2. The van der Waals surface area contributed by atoms with E-state index in [0.29, 0.717) is 21.8 Å². The van der Waals surface area contributed by atoms with Gasteiger partial charge in [-0.15, -0.1) is 11.3 Å². The third-order valence-electron chi connectivity index (χ3n) is 5.48. The van der Waals surface area contributed by atoms with Crippen LogP contribution in [0.4, 0.5) is 14.3 Å². The van der Waals surface area contributed by atoms with Crippen LogP contribution in [0.15, 0.2) is 36.4 Å². The molecule has 0 atom stereocenters. The third kappa shape index (κ3) is 4.92. The summed E-state index contributed by atoms with van der Waals surface area (Å²) in [6, 6.07) is 9.38. The van der Waals surface area contributed by atoms with E-state index >= 15 is 0 Å². The van der Waals surface area contributed by atoms with Crippen molar-refractivity contribution in [1.29, 1.82) is 0 Å². The first-order chi connectivity index (χ1) is 15.4. The number of carbonyl (C=O) groups is 2. The van der Waals surface area contributed by atoms with Crippen LogP contribution in [0.1, 0.15) is 35.5 Å². The molecule has 2 N–H and O–H groups in total. The summed E-state index contributed by atoms with van der Waals surface area (Å²) in [6.07, 6.45) is 2.41. The van der Waals surface area contributed by atoms with Gasteiger partial charge in [0.1, 0.15) is 5.82 Å². The monoisotopic (exact) mass is 493 g/mol. The molecule has 0 saturated heterocycles. The van der Waals surface area contributed by atoms with E-state index in [0.717, 1.165) is 41.2 Å². The molecule has 3 aromatic rings. The lowest BCUT2D eigenvalue weighted by Crippen LogP contribution is -2.49. The van der Waals surface area contributed by atoms with Gasteiger partial charge in [0, 0.05) is 23.5 Å². The van der Waals surface area contributed by atoms with Gasteiger partial charge in [-0.3, -0.25) is 10.1 Å². The van der Waals surface area contributed by atoms with Crippen molar-refractivity contribution in [2.24, 2.45) is 0 Å². The van der Waals surface area contributed by atoms with Crippen molar-refractivity contribution in [1.82, 2.24) is 19.6 Å². The molecule has 11 heteroatoms.